The minimum Gasteiger partial charge on any atom is -0.316 e. The molecule has 1 aromatic rings. The summed E-state index contributed by atoms with van der Waals surface area (Å²) in [5, 5.41) is 3.40. The largest absolute Gasteiger partial charge is 0.316 e. The first-order valence-corrected chi connectivity index (χ1v) is 6.64. The molecule has 2 N–H and O–H groups in total. The predicted molar refractivity (Wildman–Crippen MR) is 66.3 cm³/mol. The lowest BCUT2D eigenvalue weighted by Gasteiger charge is -2.13. The third-order valence-corrected chi connectivity index (χ3v) is 3.80. The minimum atomic E-state index is 0.0850. The van der Waals surface area contributed by atoms with Crippen LogP contribution in [0.2, 0.25) is 0 Å². The molecule has 2 aliphatic rings. The zero-order valence-corrected chi connectivity index (χ0v) is 10.0. The first-order valence-electron chi connectivity index (χ1n) is 6.64. The Balaban J connectivity index is 1.82. The van der Waals surface area contributed by atoms with Crippen molar-refractivity contribution in [1.82, 2.24) is 15.3 Å². The van der Waals surface area contributed by atoms with E-state index in [4.69, 9.17) is 0 Å². The van der Waals surface area contributed by atoms with E-state index in [9.17, 15) is 4.79 Å². The van der Waals surface area contributed by atoms with Crippen molar-refractivity contribution in [3.8, 4) is 0 Å². The van der Waals surface area contributed by atoms with E-state index in [1.165, 1.54) is 12.8 Å². The van der Waals surface area contributed by atoms with Gasteiger partial charge >= 0.3 is 0 Å². The Morgan fingerprint density at radius 1 is 1.18 bits per heavy atom. The van der Waals surface area contributed by atoms with Gasteiger partial charge in [-0.2, -0.15) is 0 Å². The van der Waals surface area contributed by atoms with Gasteiger partial charge in [-0.1, -0.05) is 6.42 Å². The molecule has 92 valence electrons. The number of hydrogen-bond acceptors (Lipinski definition) is 3. The van der Waals surface area contributed by atoms with Crippen molar-refractivity contribution in [1.29, 1.82) is 0 Å². The second kappa shape index (κ2) is 4.61. The summed E-state index contributed by atoms with van der Waals surface area (Å²) >= 11 is 0. The molecule has 1 unspecified atom stereocenters. The van der Waals surface area contributed by atoms with Crippen LogP contribution in [0.25, 0.3) is 0 Å². The highest BCUT2D eigenvalue weighted by atomic mass is 16.1. The second-order valence-corrected chi connectivity index (χ2v) is 5.22. The molecule has 0 spiro atoms. The Labute approximate surface area is 101 Å². The van der Waals surface area contributed by atoms with Crippen molar-refractivity contribution in [3.63, 3.8) is 0 Å². The van der Waals surface area contributed by atoms with Crippen molar-refractivity contribution in [2.24, 2.45) is 0 Å². The predicted octanol–water partition coefficient (Wildman–Crippen LogP) is 1.50. The number of nitrogens with one attached hydrogen (secondary N) is 2. The molecule has 1 aliphatic carbocycles. The molecule has 2 fully saturated rings. The van der Waals surface area contributed by atoms with E-state index in [1.807, 2.05) is 0 Å². The van der Waals surface area contributed by atoms with E-state index in [0.717, 1.165) is 43.7 Å². The van der Waals surface area contributed by atoms with Gasteiger partial charge in [0.25, 0.3) is 5.56 Å². The number of rotatable bonds is 2. The second-order valence-electron chi connectivity index (χ2n) is 5.22. The number of aromatic amines is 1. The van der Waals surface area contributed by atoms with Gasteiger partial charge in [-0.15, -0.1) is 0 Å². The van der Waals surface area contributed by atoms with Crippen molar-refractivity contribution in [2.75, 3.05) is 13.1 Å². The zero-order valence-electron chi connectivity index (χ0n) is 10.0. The quantitative estimate of drug-likeness (QED) is 0.814. The van der Waals surface area contributed by atoms with Gasteiger partial charge in [0.1, 0.15) is 5.82 Å². The average Bonchev–Trinajstić information content (AvgIpc) is 3.16. The minimum absolute atomic E-state index is 0.0850. The molecule has 1 saturated carbocycles. The Kier molecular flexibility index (Phi) is 2.97. The number of nitrogens with zero attached hydrogens (tertiary/aromatic N) is 1. The van der Waals surface area contributed by atoms with Gasteiger partial charge in [0.15, 0.2) is 0 Å². The fourth-order valence-electron chi connectivity index (χ4n) is 2.56. The maximum Gasteiger partial charge on any atom is 0.254 e. The molecule has 2 heterocycles. The molecule has 0 bridgehead atoms. The summed E-state index contributed by atoms with van der Waals surface area (Å²) < 4.78 is 0. The maximum absolute atomic E-state index is 11.9. The lowest BCUT2D eigenvalue weighted by Crippen LogP contribution is -2.24. The number of H-pyrrole nitrogens is 1. The van der Waals surface area contributed by atoms with Gasteiger partial charge < -0.3 is 10.3 Å². The van der Waals surface area contributed by atoms with Crippen molar-refractivity contribution in [2.45, 2.75) is 43.9 Å². The fraction of sp³-hybridized carbons (Fsp3) is 0.692. The molecule has 0 radical (unpaired) electrons. The van der Waals surface area contributed by atoms with E-state index < -0.39 is 0 Å². The van der Waals surface area contributed by atoms with Crippen LogP contribution in [-0.2, 0) is 0 Å². The lowest BCUT2D eigenvalue weighted by molar-refractivity contribution is 0.574. The van der Waals surface area contributed by atoms with Gasteiger partial charge in [-0.3, -0.25) is 4.79 Å². The summed E-state index contributed by atoms with van der Waals surface area (Å²) in [5.74, 6) is 1.72. The van der Waals surface area contributed by atoms with Crippen LogP contribution in [0, 0.1) is 0 Å². The standard InChI is InChI=1S/C13H19N3O/c17-13-11(9-4-5-9)8-15-12(16-13)10-3-1-2-6-14-7-10/h8-10,14H,1-7H2,(H,15,16,17). The Bertz CT molecular complexity index is 442. The summed E-state index contributed by atoms with van der Waals surface area (Å²) in [6.07, 6.45) is 7.66. The smallest absolute Gasteiger partial charge is 0.254 e. The number of aromatic nitrogens is 2. The zero-order chi connectivity index (χ0) is 11.7. The first kappa shape index (κ1) is 11.0. The van der Waals surface area contributed by atoms with Crippen molar-refractivity contribution < 1.29 is 0 Å². The summed E-state index contributed by atoms with van der Waals surface area (Å²) in [6.45, 7) is 2.02. The third kappa shape index (κ3) is 2.41. The summed E-state index contributed by atoms with van der Waals surface area (Å²) in [4.78, 5) is 19.4. The average molecular weight is 233 g/mol. The molecule has 0 aromatic carbocycles. The van der Waals surface area contributed by atoms with Gasteiger partial charge in [0.2, 0.25) is 0 Å². The van der Waals surface area contributed by atoms with E-state index in [1.54, 1.807) is 6.20 Å². The number of hydrogen-bond donors (Lipinski definition) is 2. The molecule has 1 aromatic heterocycles. The topological polar surface area (TPSA) is 57.8 Å². The Hall–Kier alpha value is -1.16. The van der Waals surface area contributed by atoms with Crippen LogP contribution in [-0.4, -0.2) is 23.1 Å². The molecule has 1 aliphatic heterocycles. The Morgan fingerprint density at radius 3 is 2.82 bits per heavy atom. The van der Waals surface area contributed by atoms with Gasteiger partial charge in [-0.25, -0.2) is 4.98 Å². The lowest BCUT2D eigenvalue weighted by atomic mass is 10.0. The molecule has 3 rings (SSSR count). The molecule has 1 saturated heterocycles. The summed E-state index contributed by atoms with van der Waals surface area (Å²) in [7, 11) is 0. The molecule has 4 heteroatoms. The normalized spacial score (nSPS) is 25.5. The van der Waals surface area contributed by atoms with Gasteiger partial charge in [0.05, 0.1) is 0 Å². The SMILES string of the molecule is O=c1[nH]c(C2CCCCNC2)ncc1C1CC1. The van der Waals surface area contributed by atoms with Crippen LogP contribution in [0.5, 0.6) is 0 Å². The molecule has 1 atom stereocenters. The highest BCUT2D eigenvalue weighted by Gasteiger charge is 2.27. The van der Waals surface area contributed by atoms with Crippen molar-refractivity contribution >= 4 is 0 Å². The molecule has 0 amide bonds. The monoisotopic (exact) mass is 233 g/mol. The molecular weight excluding hydrogens is 214 g/mol. The van der Waals surface area contributed by atoms with Crippen molar-refractivity contribution in [3.05, 3.63) is 27.9 Å². The summed E-state index contributed by atoms with van der Waals surface area (Å²) in [6, 6.07) is 0. The van der Waals surface area contributed by atoms with E-state index in [-0.39, 0.29) is 5.56 Å². The van der Waals surface area contributed by atoms with Crippen LogP contribution >= 0.6 is 0 Å². The van der Waals surface area contributed by atoms with Crippen LogP contribution in [0.15, 0.2) is 11.0 Å². The molecular formula is C13H19N3O. The highest BCUT2D eigenvalue weighted by Crippen LogP contribution is 2.37. The third-order valence-electron chi connectivity index (χ3n) is 3.80. The van der Waals surface area contributed by atoms with E-state index >= 15 is 0 Å². The van der Waals surface area contributed by atoms with E-state index in [2.05, 4.69) is 15.3 Å². The Morgan fingerprint density at radius 2 is 2.06 bits per heavy atom. The van der Waals surface area contributed by atoms with Gasteiger partial charge in [-0.05, 0) is 38.1 Å². The van der Waals surface area contributed by atoms with Crippen LogP contribution in [0.3, 0.4) is 0 Å². The fourth-order valence-corrected chi connectivity index (χ4v) is 2.56. The van der Waals surface area contributed by atoms with Crippen LogP contribution in [0.4, 0.5) is 0 Å². The molecule has 4 nitrogen and oxygen atoms in total. The summed E-state index contributed by atoms with van der Waals surface area (Å²) in [5.41, 5.74) is 0.970. The van der Waals surface area contributed by atoms with Crippen LogP contribution < -0.4 is 10.9 Å². The molecule has 17 heavy (non-hydrogen) atoms. The van der Waals surface area contributed by atoms with E-state index in [0.29, 0.717) is 11.8 Å². The first-order chi connectivity index (χ1) is 8.34. The van der Waals surface area contributed by atoms with Gasteiger partial charge in [0, 0.05) is 24.2 Å². The highest BCUT2D eigenvalue weighted by molar-refractivity contribution is 5.18. The maximum atomic E-state index is 11.9. The van der Waals surface area contributed by atoms with Crippen LogP contribution in [0.1, 0.15) is 55.3 Å².